The smallest absolute Gasteiger partial charge is 0.230 e. The van der Waals surface area contributed by atoms with E-state index in [1.54, 1.807) is 0 Å². The maximum atomic E-state index is 11.5. The van der Waals surface area contributed by atoms with Crippen molar-refractivity contribution in [2.45, 2.75) is 45.6 Å². The van der Waals surface area contributed by atoms with E-state index in [1.807, 2.05) is 20.8 Å². The van der Waals surface area contributed by atoms with Crippen LogP contribution in [0, 0.1) is 5.92 Å². The zero-order chi connectivity index (χ0) is 10.1. The lowest BCUT2D eigenvalue weighted by Gasteiger charge is -2.22. The lowest BCUT2D eigenvalue weighted by Crippen LogP contribution is -2.44. The predicted octanol–water partition coefficient (Wildman–Crippen LogP) is 1.27. The van der Waals surface area contributed by atoms with Gasteiger partial charge in [-0.25, -0.2) is 0 Å². The van der Waals surface area contributed by atoms with Gasteiger partial charge in [0, 0.05) is 12.0 Å². The van der Waals surface area contributed by atoms with E-state index in [0.29, 0.717) is 6.42 Å². The molecule has 0 spiro atoms. The van der Waals surface area contributed by atoms with Gasteiger partial charge in [0.15, 0.2) is 0 Å². The molecule has 0 aromatic carbocycles. The summed E-state index contributed by atoms with van der Waals surface area (Å²) < 4.78 is 0. The number of carbonyl (C=O) groups is 2. The van der Waals surface area contributed by atoms with E-state index in [4.69, 9.17) is 0 Å². The molecular weight excluding hydrogens is 166 g/mol. The minimum atomic E-state index is -0.376. The van der Waals surface area contributed by atoms with E-state index < -0.39 is 0 Å². The van der Waals surface area contributed by atoms with Gasteiger partial charge in [-0.1, -0.05) is 0 Å². The van der Waals surface area contributed by atoms with Gasteiger partial charge < -0.3 is 5.32 Å². The molecule has 0 aliphatic heterocycles. The van der Waals surface area contributed by atoms with Crippen molar-refractivity contribution in [2.24, 2.45) is 5.92 Å². The summed E-state index contributed by atoms with van der Waals surface area (Å²) in [4.78, 5) is 22.8. The molecule has 0 bridgehead atoms. The van der Waals surface area contributed by atoms with E-state index in [0.717, 1.165) is 12.8 Å². The number of hydrogen-bond donors (Lipinski definition) is 1. The fourth-order valence-corrected chi connectivity index (χ4v) is 1.55. The molecule has 0 aromatic heterocycles. The van der Waals surface area contributed by atoms with E-state index >= 15 is 0 Å². The highest BCUT2D eigenvalue weighted by molar-refractivity contribution is 6.02. The first-order chi connectivity index (χ1) is 5.90. The topological polar surface area (TPSA) is 46.2 Å². The van der Waals surface area contributed by atoms with Crippen molar-refractivity contribution in [3.05, 3.63) is 0 Å². The molecule has 1 atom stereocenters. The molecule has 1 aliphatic rings. The largest absolute Gasteiger partial charge is 0.351 e. The average Bonchev–Trinajstić information content (AvgIpc) is 2.30. The summed E-state index contributed by atoms with van der Waals surface area (Å²) in [6, 6.07) is 0. The van der Waals surface area contributed by atoms with Crippen LogP contribution in [0.2, 0.25) is 0 Å². The Morgan fingerprint density at radius 1 is 1.46 bits per heavy atom. The minimum absolute atomic E-state index is 0.0988. The second-order valence-electron chi connectivity index (χ2n) is 4.65. The standard InChI is InChI=1S/C10H17NO2/c1-10(2,3)11-9(13)7-5-4-6-8(7)12/h7H,4-6H2,1-3H3,(H,11,13). The van der Waals surface area contributed by atoms with Gasteiger partial charge in [0.1, 0.15) is 5.78 Å². The van der Waals surface area contributed by atoms with Crippen molar-refractivity contribution >= 4 is 11.7 Å². The lowest BCUT2D eigenvalue weighted by molar-refractivity contribution is -0.133. The van der Waals surface area contributed by atoms with Crippen LogP contribution >= 0.6 is 0 Å². The molecule has 3 nitrogen and oxygen atoms in total. The summed E-state index contributed by atoms with van der Waals surface area (Å²) >= 11 is 0. The van der Waals surface area contributed by atoms with Gasteiger partial charge in [0.25, 0.3) is 0 Å². The molecule has 1 fully saturated rings. The first-order valence-corrected chi connectivity index (χ1v) is 4.75. The first kappa shape index (κ1) is 10.2. The molecule has 1 N–H and O–H groups in total. The normalized spacial score (nSPS) is 23.3. The molecule has 13 heavy (non-hydrogen) atoms. The van der Waals surface area contributed by atoms with Gasteiger partial charge in [-0.05, 0) is 33.6 Å². The second kappa shape index (κ2) is 3.48. The zero-order valence-corrected chi connectivity index (χ0v) is 8.52. The quantitative estimate of drug-likeness (QED) is 0.622. The molecule has 3 heteroatoms. The van der Waals surface area contributed by atoms with E-state index in [1.165, 1.54) is 0 Å². The summed E-state index contributed by atoms with van der Waals surface area (Å²) in [7, 11) is 0. The summed E-state index contributed by atoms with van der Waals surface area (Å²) in [6.45, 7) is 5.76. The highest BCUT2D eigenvalue weighted by Crippen LogP contribution is 2.21. The Morgan fingerprint density at radius 3 is 2.46 bits per heavy atom. The van der Waals surface area contributed by atoms with Crippen LogP contribution in [0.1, 0.15) is 40.0 Å². The van der Waals surface area contributed by atoms with Crippen LogP contribution in [0.4, 0.5) is 0 Å². The molecule has 1 rings (SSSR count). The van der Waals surface area contributed by atoms with Crippen LogP contribution in [0.15, 0.2) is 0 Å². The highest BCUT2D eigenvalue weighted by Gasteiger charge is 2.32. The van der Waals surface area contributed by atoms with Crippen LogP contribution in [0.3, 0.4) is 0 Å². The molecule has 1 aliphatic carbocycles. The molecule has 1 amide bonds. The fourth-order valence-electron chi connectivity index (χ4n) is 1.55. The van der Waals surface area contributed by atoms with Gasteiger partial charge in [-0.2, -0.15) is 0 Å². The van der Waals surface area contributed by atoms with Crippen molar-refractivity contribution in [3.63, 3.8) is 0 Å². The van der Waals surface area contributed by atoms with Crippen LogP contribution in [-0.2, 0) is 9.59 Å². The molecule has 0 radical (unpaired) electrons. The van der Waals surface area contributed by atoms with Crippen molar-refractivity contribution in [2.75, 3.05) is 0 Å². The number of Topliss-reactive ketones (excluding diaryl/α,β-unsaturated/α-hetero) is 1. The molecule has 1 unspecified atom stereocenters. The third kappa shape index (κ3) is 2.83. The van der Waals surface area contributed by atoms with Crippen LogP contribution in [0.5, 0.6) is 0 Å². The maximum absolute atomic E-state index is 11.5. The van der Waals surface area contributed by atoms with Crippen LogP contribution < -0.4 is 5.32 Å². The Balaban J connectivity index is 2.53. The second-order valence-corrected chi connectivity index (χ2v) is 4.65. The summed E-state index contributed by atoms with van der Waals surface area (Å²) in [5.74, 6) is -0.379. The molecular formula is C10H17NO2. The van der Waals surface area contributed by atoms with E-state index in [2.05, 4.69) is 5.32 Å². The van der Waals surface area contributed by atoms with Gasteiger partial charge >= 0.3 is 0 Å². The lowest BCUT2D eigenvalue weighted by atomic mass is 10.0. The Hall–Kier alpha value is -0.860. The Labute approximate surface area is 78.9 Å². The summed E-state index contributed by atoms with van der Waals surface area (Å²) in [5, 5.41) is 2.83. The predicted molar refractivity (Wildman–Crippen MR) is 50.2 cm³/mol. The number of rotatable bonds is 1. The summed E-state index contributed by atoms with van der Waals surface area (Å²) in [6.07, 6.45) is 2.16. The summed E-state index contributed by atoms with van der Waals surface area (Å²) in [5.41, 5.74) is -0.236. The van der Waals surface area contributed by atoms with Crippen LogP contribution in [0.25, 0.3) is 0 Å². The van der Waals surface area contributed by atoms with Crippen molar-refractivity contribution in [1.82, 2.24) is 5.32 Å². The molecule has 0 aromatic rings. The van der Waals surface area contributed by atoms with Gasteiger partial charge in [0.2, 0.25) is 5.91 Å². The van der Waals surface area contributed by atoms with Crippen molar-refractivity contribution in [3.8, 4) is 0 Å². The molecule has 74 valence electrons. The third-order valence-electron chi connectivity index (χ3n) is 2.12. The Kier molecular flexibility index (Phi) is 2.74. The van der Waals surface area contributed by atoms with Crippen LogP contribution in [-0.4, -0.2) is 17.2 Å². The van der Waals surface area contributed by atoms with Crippen molar-refractivity contribution in [1.29, 1.82) is 0 Å². The molecule has 1 saturated carbocycles. The number of carbonyl (C=O) groups excluding carboxylic acids is 2. The number of hydrogen-bond acceptors (Lipinski definition) is 2. The third-order valence-corrected chi connectivity index (χ3v) is 2.12. The zero-order valence-electron chi connectivity index (χ0n) is 8.52. The monoisotopic (exact) mass is 183 g/mol. The number of amides is 1. The van der Waals surface area contributed by atoms with E-state index in [9.17, 15) is 9.59 Å². The number of nitrogens with one attached hydrogen (secondary N) is 1. The fraction of sp³-hybridized carbons (Fsp3) is 0.800. The van der Waals surface area contributed by atoms with Gasteiger partial charge in [-0.15, -0.1) is 0 Å². The van der Waals surface area contributed by atoms with Gasteiger partial charge in [-0.3, -0.25) is 9.59 Å². The highest BCUT2D eigenvalue weighted by atomic mass is 16.2. The number of ketones is 1. The minimum Gasteiger partial charge on any atom is -0.351 e. The average molecular weight is 183 g/mol. The van der Waals surface area contributed by atoms with Gasteiger partial charge in [0.05, 0.1) is 5.92 Å². The van der Waals surface area contributed by atoms with Crippen molar-refractivity contribution < 1.29 is 9.59 Å². The maximum Gasteiger partial charge on any atom is 0.230 e. The Bertz CT molecular complexity index is 228. The Morgan fingerprint density at radius 2 is 2.08 bits per heavy atom. The SMILES string of the molecule is CC(C)(C)NC(=O)C1CCCC1=O. The van der Waals surface area contributed by atoms with E-state index in [-0.39, 0.29) is 23.1 Å². The molecule has 0 saturated heterocycles. The first-order valence-electron chi connectivity index (χ1n) is 4.75. The molecule has 0 heterocycles.